The number of nitrogens with one attached hydrogen (secondary N) is 1. The van der Waals surface area contributed by atoms with Crippen LogP contribution in [-0.2, 0) is 0 Å². The normalized spacial score (nSPS) is 21.9. The number of nitrogens with zero attached hydrogens (tertiary/aromatic N) is 2. The molecule has 0 aliphatic carbocycles. The smallest absolute Gasteiger partial charge is 0.170 e. The number of pyridine rings is 1. The van der Waals surface area contributed by atoms with Crippen molar-refractivity contribution in [2.24, 2.45) is 0 Å². The minimum Gasteiger partial charge on any atom is -0.352 e. The Morgan fingerprint density at radius 1 is 1.33 bits per heavy atom. The van der Waals surface area contributed by atoms with Crippen LogP contribution >= 0.6 is 39.5 Å². The first-order valence-corrected chi connectivity index (χ1v) is 8.84. The van der Waals surface area contributed by atoms with Crippen LogP contribution in [0.15, 0.2) is 40.3 Å². The largest absolute Gasteiger partial charge is 0.352 e. The van der Waals surface area contributed by atoms with E-state index in [1.165, 1.54) is 4.88 Å². The van der Waals surface area contributed by atoms with Crippen LogP contribution in [0.1, 0.15) is 36.5 Å². The predicted molar refractivity (Wildman–Crippen MR) is 94.4 cm³/mol. The number of thiocarbonyl (C=S) groups is 1. The molecule has 0 saturated carbocycles. The summed E-state index contributed by atoms with van der Waals surface area (Å²) < 4.78 is 1.14. The zero-order valence-corrected chi connectivity index (χ0v) is 15.0. The Morgan fingerprint density at radius 2 is 2.14 bits per heavy atom. The summed E-state index contributed by atoms with van der Waals surface area (Å²) in [5, 5.41) is 4.25. The molecule has 6 heteroatoms. The van der Waals surface area contributed by atoms with Gasteiger partial charge in [0, 0.05) is 17.1 Å². The van der Waals surface area contributed by atoms with Crippen LogP contribution in [0.2, 0.25) is 0 Å². The van der Waals surface area contributed by atoms with Gasteiger partial charge < -0.3 is 10.2 Å². The van der Waals surface area contributed by atoms with Gasteiger partial charge in [-0.25, -0.2) is 0 Å². The van der Waals surface area contributed by atoms with E-state index in [1.807, 2.05) is 18.3 Å². The van der Waals surface area contributed by atoms with Crippen molar-refractivity contribution in [3.8, 4) is 0 Å². The Kier molecular flexibility index (Phi) is 4.28. The highest BCUT2D eigenvalue weighted by atomic mass is 79.9. The maximum Gasteiger partial charge on any atom is 0.170 e. The second-order valence-electron chi connectivity index (χ2n) is 5.27. The summed E-state index contributed by atoms with van der Waals surface area (Å²) in [6.07, 6.45) is 1.83. The van der Waals surface area contributed by atoms with Crippen molar-refractivity contribution in [2.45, 2.75) is 32.0 Å². The molecule has 1 aliphatic heterocycles. The average Bonchev–Trinajstić information content (AvgIpc) is 3.03. The van der Waals surface area contributed by atoms with Crippen molar-refractivity contribution in [3.63, 3.8) is 0 Å². The van der Waals surface area contributed by atoms with Crippen LogP contribution < -0.4 is 5.32 Å². The Bertz CT molecular complexity index is 641. The molecule has 0 spiro atoms. The van der Waals surface area contributed by atoms with Gasteiger partial charge in [0.25, 0.3) is 0 Å². The molecule has 1 fully saturated rings. The minimum absolute atomic E-state index is 0.0895. The molecule has 0 bridgehead atoms. The topological polar surface area (TPSA) is 28.2 Å². The lowest BCUT2D eigenvalue weighted by molar-refractivity contribution is 0.273. The summed E-state index contributed by atoms with van der Waals surface area (Å²) >= 11 is 10.9. The fourth-order valence-electron chi connectivity index (χ4n) is 2.71. The van der Waals surface area contributed by atoms with Crippen LogP contribution in [-0.4, -0.2) is 21.0 Å². The predicted octanol–water partition coefficient (Wildman–Crippen LogP) is 4.29. The molecule has 110 valence electrons. The Balaban J connectivity index is 2.05. The molecule has 3 heterocycles. The van der Waals surface area contributed by atoms with Gasteiger partial charge in [-0.05, 0) is 66.3 Å². The van der Waals surface area contributed by atoms with Gasteiger partial charge in [-0.15, -0.1) is 11.3 Å². The van der Waals surface area contributed by atoms with Crippen molar-refractivity contribution in [1.82, 2.24) is 15.2 Å². The maximum atomic E-state index is 5.56. The molecule has 1 saturated heterocycles. The standard InChI is InChI=1S/C15H16BrN3S2/c1-9(2)19-14(11-6-7-12(16)21-11)13(18-15(19)20)10-5-3-4-8-17-10/h3-9,13-14H,1-2H3,(H,18,20). The van der Waals surface area contributed by atoms with Crippen molar-refractivity contribution in [1.29, 1.82) is 0 Å². The van der Waals surface area contributed by atoms with Gasteiger partial charge in [-0.3, -0.25) is 4.98 Å². The lowest BCUT2D eigenvalue weighted by atomic mass is 10.0. The van der Waals surface area contributed by atoms with E-state index in [1.54, 1.807) is 11.3 Å². The van der Waals surface area contributed by atoms with Crippen LogP contribution in [0.4, 0.5) is 0 Å². The van der Waals surface area contributed by atoms with E-state index in [9.17, 15) is 0 Å². The van der Waals surface area contributed by atoms with E-state index in [4.69, 9.17) is 12.2 Å². The van der Waals surface area contributed by atoms with Gasteiger partial charge in [-0.1, -0.05) is 6.07 Å². The number of hydrogen-bond acceptors (Lipinski definition) is 3. The van der Waals surface area contributed by atoms with Crippen molar-refractivity contribution in [3.05, 3.63) is 50.9 Å². The number of rotatable bonds is 3. The van der Waals surface area contributed by atoms with E-state index in [-0.39, 0.29) is 12.1 Å². The Morgan fingerprint density at radius 3 is 2.71 bits per heavy atom. The van der Waals surface area contributed by atoms with Crippen molar-refractivity contribution in [2.75, 3.05) is 0 Å². The molecule has 0 radical (unpaired) electrons. The monoisotopic (exact) mass is 381 g/mol. The second-order valence-corrected chi connectivity index (χ2v) is 8.15. The van der Waals surface area contributed by atoms with E-state index >= 15 is 0 Å². The molecule has 21 heavy (non-hydrogen) atoms. The minimum atomic E-state index is 0.0895. The first-order valence-electron chi connectivity index (χ1n) is 6.83. The van der Waals surface area contributed by atoms with Crippen molar-refractivity contribution >= 4 is 44.6 Å². The number of halogens is 1. The van der Waals surface area contributed by atoms with Gasteiger partial charge in [0.1, 0.15) is 0 Å². The molecule has 2 atom stereocenters. The van der Waals surface area contributed by atoms with Gasteiger partial charge in [0.05, 0.1) is 21.6 Å². The summed E-state index contributed by atoms with van der Waals surface area (Å²) in [5.41, 5.74) is 1.03. The lowest BCUT2D eigenvalue weighted by Gasteiger charge is -2.30. The second kappa shape index (κ2) is 6.02. The first-order chi connectivity index (χ1) is 10.1. The SMILES string of the molecule is CC(C)N1C(=S)NC(c2ccccn2)C1c1ccc(Br)s1. The highest BCUT2D eigenvalue weighted by molar-refractivity contribution is 9.11. The Hall–Kier alpha value is -0.980. The quantitative estimate of drug-likeness (QED) is 0.802. The van der Waals surface area contributed by atoms with E-state index in [0.29, 0.717) is 6.04 Å². The zero-order valence-electron chi connectivity index (χ0n) is 11.8. The van der Waals surface area contributed by atoms with Crippen molar-refractivity contribution < 1.29 is 0 Å². The fourth-order valence-corrected chi connectivity index (χ4v) is 4.73. The molecule has 0 aromatic carbocycles. The third-order valence-electron chi connectivity index (χ3n) is 3.58. The number of thiophene rings is 1. The van der Waals surface area contributed by atoms with Gasteiger partial charge in [-0.2, -0.15) is 0 Å². The molecule has 0 amide bonds. The van der Waals surface area contributed by atoms with Crippen LogP contribution in [0.3, 0.4) is 0 Å². The average molecular weight is 382 g/mol. The third kappa shape index (κ3) is 2.84. The molecule has 2 unspecified atom stereocenters. The maximum absolute atomic E-state index is 5.56. The number of aromatic nitrogens is 1. The summed E-state index contributed by atoms with van der Waals surface area (Å²) in [7, 11) is 0. The summed E-state index contributed by atoms with van der Waals surface area (Å²) in [6.45, 7) is 4.34. The van der Waals surface area contributed by atoms with E-state index in [2.05, 4.69) is 63.2 Å². The van der Waals surface area contributed by atoms with Gasteiger partial charge in [0.2, 0.25) is 0 Å². The van der Waals surface area contributed by atoms with E-state index < -0.39 is 0 Å². The highest BCUT2D eigenvalue weighted by Gasteiger charge is 2.41. The summed E-state index contributed by atoms with van der Waals surface area (Å²) in [4.78, 5) is 8.08. The molecule has 3 nitrogen and oxygen atoms in total. The van der Waals surface area contributed by atoms with Crippen LogP contribution in [0.25, 0.3) is 0 Å². The van der Waals surface area contributed by atoms with E-state index in [0.717, 1.165) is 14.6 Å². The summed E-state index contributed by atoms with van der Waals surface area (Å²) in [5.74, 6) is 0. The molecular weight excluding hydrogens is 366 g/mol. The molecule has 2 aromatic rings. The van der Waals surface area contributed by atoms with Gasteiger partial charge >= 0.3 is 0 Å². The molecule has 3 rings (SSSR count). The lowest BCUT2D eigenvalue weighted by Crippen LogP contribution is -2.35. The molecular formula is C15H16BrN3S2. The number of hydrogen-bond donors (Lipinski definition) is 1. The van der Waals surface area contributed by atoms with Crippen LogP contribution in [0.5, 0.6) is 0 Å². The highest BCUT2D eigenvalue weighted by Crippen LogP contribution is 2.42. The van der Waals surface area contributed by atoms with Crippen LogP contribution in [0, 0.1) is 0 Å². The molecule has 1 aliphatic rings. The first kappa shape index (κ1) is 14.9. The zero-order chi connectivity index (χ0) is 15.0. The molecule has 1 N–H and O–H groups in total. The Labute approximate surface area is 142 Å². The fraction of sp³-hybridized carbons (Fsp3) is 0.333. The van der Waals surface area contributed by atoms with Gasteiger partial charge in [0.15, 0.2) is 5.11 Å². The third-order valence-corrected chi connectivity index (χ3v) is 5.60. The molecule has 2 aromatic heterocycles. The summed E-state index contributed by atoms with van der Waals surface area (Å²) in [6, 6.07) is 10.9.